The highest BCUT2D eigenvalue weighted by molar-refractivity contribution is 4.98. The van der Waals surface area contributed by atoms with Crippen LogP contribution in [0.25, 0.3) is 0 Å². The second-order valence-electron chi connectivity index (χ2n) is 1.61. The maximum absolute atomic E-state index is 8.22. The molecule has 0 aliphatic rings. The third-order valence-electron chi connectivity index (χ3n) is 0.854. The Bertz CT molecular complexity index is 99.2. The Kier molecular flexibility index (Phi) is 7.05. The molecule has 0 aliphatic carbocycles. The molecule has 9 heavy (non-hydrogen) atoms. The number of aliphatic hydroxyl groups is 1. The lowest BCUT2D eigenvalue weighted by atomic mass is 10.3. The molecule has 0 radical (unpaired) electrons. The Morgan fingerprint density at radius 2 is 2.22 bits per heavy atom. The highest BCUT2D eigenvalue weighted by Gasteiger charge is 1.78. The standard InChI is InChI=1S/C7H12O2/c1-9-7-5-3-2-4-6-8/h8H,3,5-7H2,1H3. The minimum absolute atomic E-state index is 0.0347. The summed E-state index contributed by atoms with van der Waals surface area (Å²) in [4.78, 5) is 0. The smallest absolute Gasteiger partial charge is 0.104 e. The summed E-state index contributed by atoms with van der Waals surface area (Å²) in [5.41, 5.74) is 0. The number of aliphatic hydroxyl groups excluding tert-OH is 1. The van der Waals surface area contributed by atoms with Crippen molar-refractivity contribution in [3.8, 4) is 11.8 Å². The molecule has 0 bridgehead atoms. The van der Waals surface area contributed by atoms with E-state index < -0.39 is 0 Å². The predicted molar refractivity (Wildman–Crippen MR) is 36.0 cm³/mol. The third kappa shape index (κ3) is 7.48. The second-order valence-corrected chi connectivity index (χ2v) is 1.61. The molecule has 0 saturated carbocycles. The van der Waals surface area contributed by atoms with Gasteiger partial charge in [0.1, 0.15) is 6.61 Å². The fraction of sp³-hybridized carbons (Fsp3) is 0.714. The molecular weight excluding hydrogens is 116 g/mol. The van der Waals surface area contributed by atoms with Gasteiger partial charge in [-0.05, 0) is 6.42 Å². The van der Waals surface area contributed by atoms with E-state index in [4.69, 9.17) is 9.84 Å². The molecule has 0 unspecified atom stereocenters. The average molecular weight is 128 g/mol. The summed E-state index contributed by atoms with van der Waals surface area (Å²) >= 11 is 0. The fourth-order valence-corrected chi connectivity index (χ4v) is 0.449. The Morgan fingerprint density at radius 3 is 2.78 bits per heavy atom. The first-order valence-electron chi connectivity index (χ1n) is 2.97. The van der Waals surface area contributed by atoms with E-state index in [9.17, 15) is 0 Å². The van der Waals surface area contributed by atoms with E-state index in [1.165, 1.54) is 0 Å². The van der Waals surface area contributed by atoms with Crippen molar-refractivity contribution in [3.63, 3.8) is 0 Å². The van der Waals surface area contributed by atoms with E-state index in [2.05, 4.69) is 11.8 Å². The van der Waals surface area contributed by atoms with Gasteiger partial charge in [-0.2, -0.15) is 0 Å². The van der Waals surface area contributed by atoms with Gasteiger partial charge in [0, 0.05) is 20.1 Å². The number of unbranched alkanes of at least 4 members (excludes halogenated alkanes) is 1. The maximum atomic E-state index is 8.22. The SMILES string of the molecule is COCCCC#CCO. The first-order valence-corrected chi connectivity index (χ1v) is 2.97. The summed E-state index contributed by atoms with van der Waals surface area (Å²) in [6.07, 6.45) is 1.76. The Labute approximate surface area is 55.8 Å². The summed E-state index contributed by atoms with van der Waals surface area (Å²) in [7, 11) is 1.67. The molecule has 0 saturated heterocycles. The molecule has 0 spiro atoms. The van der Waals surface area contributed by atoms with Crippen molar-refractivity contribution in [1.29, 1.82) is 0 Å². The molecule has 0 aromatic rings. The van der Waals surface area contributed by atoms with Gasteiger partial charge in [-0.3, -0.25) is 0 Å². The van der Waals surface area contributed by atoms with E-state index in [0.29, 0.717) is 0 Å². The summed E-state index contributed by atoms with van der Waals surface area (Å²) in [5, 5.41) is 8.22. The highest BCUT2D eigenvalue weighted by Crippen LogP contribution is 1.84. The van der Waals surface area contributed by atoms with Crippen molar-refractivity contribution in [2.75, 3.05) is 20.3 Å². The van der Waals surface area contributed by atoms with Crippen molar-refractivity contribution in [2.45, 2.75) is 12.8 Å². The van der Waals surface area contributed by atoms with Crippen LogP contribution < -0.4 is 0 Å². The molecule has 0 heterocycles. The molecular formula is C7H12O2. The van der Waals surface area contributed by atoms with Gasteiger partial charge in [-0.15, -0.1) is 5.92 Å². The van der Waals surface area contributed by atoms with Gasteiger partial charge in [0.05, 0.1) is 0 Å². The number of hydrogen-bond donors (Lipinski definition) is 1. The lowest BCUT2D eigenvalue weighted by Crippen LogP contribution is -1.85. The van der Waals surface area contributed by atoms with Crippen molar-refractivity contribution in [2.24, 2.45) is 0 Å². The van der Waals surface area contributed by atoms with Gasteiger partial charge in [-0.25, -0.2) is 0 Å². The second kappa shape index (κ2) is 7.48. The summed E-state index contributed by atoms with van der Waals surface area (Å²) in [6.45, 7) is 0.715. The number of rotatable bonds is 3. The molecule has 0 aliphatic heterocycles. The van der Waals surface area contributed by atoms with Crippen LogP contribution in [0.1, 0.15) is 12.8 Å². The van der Waals surface area contributed by atoms with Gasteiger partial charge in [0.15, 0.2) is 0 Å². The van der Waals surface area contributed by atoms with Crippen LogP contribution in [0.4, 0.5) is 0 Å². The van der Waals surface area contributed by atoms with Crippen molar-refractivity contribution in [3.05, 3.63) is 0 Å². The van der Waals surface area contributed by atoms with Gasteiger partial charge in [0.25, 0.3) is 0 Å². The van der Waals surface area contributed by atoms with Crippen LogP contribution in [0.2, 0.25) is 0 Å². The molecule has 0 aromatic heterocycles. The van der Waals surface area contributed by atoms with Crippen LogP contribution >= 0.6 is 0 Å². The Balaban J connectivity index is 2.90. The zero-order valence-electron chi connectivity index (χ0n) is 5.68. The quantitative estimate of drug-likeness (QED) is 0.440. The number of hydrogen-bond acceptors (Lipinski definition) is 2. The first-order chi connectivity index (χ1) is 4.41. The zero-order valence-corrected chi connectivity index (χ0v) is 5.68. The van der Waals surface area contributed by atoms with Crippen LogP contribution in [0.5, 0.6) is 0 Å². The van der Waals surface area contributed by atoms with Gasteiger partial charge < -0.3 is 9.84 Å². The normalized spacial score (nSPS) is 8.22. The highest BCUT2D eigenvalue weighted by atomic mass is 16.5. The van der Waals surface area contributed by atoms with Crippen LogP contribution in [-0.2, 0) is 4.74 Å². The largest absolute Gasteiger partial charge is 0.385 e. The van der Waals surface area contributed by atoms with Gasteiger partial charge in [-0.1, -0.05) is 5.92 Å². The summed E-state index contributed by atoms with van der Waals surface area (Å²) in [6, 6.07) is 0. The predicted octanol–water partition coefficient (Wildman–Crippen LogP) is 0.409. The van der Waals surface area contributed by atoms with Crippen LogP contribution in [-0.4, -0.2) is 25.4 Å². The van der Waals surface area contributed by atoms with Crippen LogP contribution in [0, 0.1) is 11.8 Å². The average Bonchev–Trinajstić information content (AvgIpc) is 1.89. The Hall–Kier alpha value is -0.520. The number of ether oxygens (including phenoxy) is 1. The van der Waals surface area contributed by atoms with Crippen LogP contribution in [0.3, 0.4) is 0 Å². The third-order valence-corrected chi connectivity index (χ3v) is 0.854. The van der Waals surface area contributed by atoms with E-state index >= 15 is 0 Å². The lowest BCUT2D eigenvalue weighted by molar-refractivity contribution is 0.196. The molecule has 2 nitrogen and oxygen atoms in total. The molecule has 0 fully saturated rings. The molecule has 0 rings (SSSR count). The Morgan fingerprint density at radius 1 is 1.44 bits per heavy atom. The minimum Gasteiger partial charge on any atom is -0.385 e. The summed E-state index contributed by atoms with van der Waals surface area (Å²) in [5.74, 6) is 5.35. The van der Waals surface area contributed by atoms with E-state index in [1.807, 2.05) is 0 Å². The lowest BCUT2D eigenvalue weighted by Gasteiger charge is -1.90. The van der Waals surface area contributed by atoms with Crippen LogP contribution in [0.15, 0.2) is 0 Å². The monoisotopic (exact) mass is 128 g/mol. The minimum atomic E-state index is -0.0347. The van der Waals surface area contributed by atoms with E-state index in [1.54, 1.807) is 7.11 Å². The molecule has 2 heteroatoms. The van der Waals surface area contributed by atoms with Crippen molar-refractivity contribution in [1.82, 2.24) is 0 Å². The summed E-state index contributed by atoms with van der Waals surface area (Å²) < 4.78 is 4.79. The fourth-order valence-electron chi connectivity index (χ4n) is 0.449. The molecule has 0 aromatic carbocycles. The van der Waals surface area contributed by atoms with E-state index in [0.717, 1.165) is 19.4 Å². The zero-order chi connectivity index (χ0) is 6.95. The molecule has 0 atom stereocenters. The molecule has 1 N–H and O–H groups in total. The van der Waals surface area contributed by atoms with E-state index in [-0.39, 0.29) is 6.61 Å². The van der Waals surface area contributed by atoms with Crippen molar-refractivity contribution < 1.29 is 9.84 Å². The maximum Gasteiger partial charge on any atom is 0.104 e. The van der Waals surface area contributed by atoms with Gasteiger partial charge >= 0.3 is 0 Å². The van der Waals surface area contributed by atoms with Crippen molar-refractivity contribution >= 4 is 0 Å². The van der Waals surface area contributed by atoms with Gasteiger partial charge in [0.2, 0.25) is 0 Å². The molecule has 52 valence electrons. The number of methoxy groups -OCH3 is 1. The topological polar surface area (TPSA) is 29.5 Å². The first kappa shape index (κ1) is 8.48. The molecule has 0 amide bonds.